The third-order valence-electron chi connectivity index (χ3n) is 23.7. The van der Waals surface area contributed by atoms with Crippen molar-refractivity contribution in [3.63, 3.8) is 0 Å². The molecule has 22 rings (SSSR count). The van der Waals surface area contributed by atoms with Gasteiger partial charge in [-0.15, -0.1) is 0 Å². The third-order valence-corrected chi connectivity index (χ3v) is 23.7. The van der Waals surface area contributed by atoms with E-state index in [9.17, 15) is 0 Å². The number of benzene rings is 6. The minimum atomic E-state index is -1.66. The number of aromatic nitrogens is 6. The summed E-state index contributed by atoms with van der Waals surface area (Å²) in [7, 11) is 12.2. The molecule has 6 nitrogen and oxygen atoms in total. The summed E-state index contributed by atoms with van der Waals surface area (Å²) in [6.45, 7) is 12.6. The SMILES string of the molecule is Cc1ccccc1-c1cc2c(c[n+]1C)CC1CC2C1.[2H]C1([2H])CC([2H])([2H])c2c1cc[n+](C)c2-c1ccccc1C.[2H]C1([2H])CCC([2H])([2H])c2c1cc[n+](C)c2-c1ccccc1C.[2H]C1([2H])CCCc2c[n+](C)c(-c3ccccc3C)cc21.[2H]C1([2H])CCc2c[n+](C)c(-c3ccccc3C)cc21.[2H]C12CC(Cc3c[n+](C)c(-c4ccccc4C)cc31)C2. The van der Waals surface area contributed by atoms with Crippen LogP contribution in [-0.4, -0.2) is 0 Å². The largest absolute Gasteiger partial charge is 0.216 e. The van der Waals surface area contributed by atoms with Crippen molar-refractivity contribution in [3.05, 3.63) is 319 Å². The zero-order valence-corrected chi connectivity index (χ0v) is 65.6. The molecular weight excluding hydrogens is 1310 g/mol. The molecule has 12 aromatic rings. The van der Waals surface area contributed by atoms with E-state index in [1.54, 1.807) is 23.3 Å². The molecule has 0 amide bonds. The Labute approximate surface area is 664 Å². The summed E-state index contributed by atoms with van der Waals surface area (Å²) >= 11 is 0. The Morgan fingerprint density at radius 1 is 0.296 bits per heavy atom. The molecule has 6 aromatic carbocycles. The van der Waals surface area contributed by atoms with Crippen molar-refractivity contribution in [1.82, 2.24) is 0 Å². The predicted octanol–water partition coefficient (Wildman–Crippen LogP) is 19.8. The van der Waals surface area contributed by atoms with E-state index in [0.29, 0.717) is 35.1 Å². The van der Waals surface area contributed by atoms with E-state index in [-0.39, 0.29) is 25.2 Å². The van der Waals surface area contributed by atoms with E-state index < -0.39 is 38.2 Å². The Morgan fingerprint density at radius 2 is 0.620 bits per heavy atom. The van der Waals surface area contributed by atoms with Gasteiger partial charge < -0.3 is 0 Å². The maximum absolute atomic E-state index is 8.65. The molecule has 6 heterocycles. The quantitative estimate of drug-likeness (QED) is 0.148. The first kappa shape index (κ1) is 59.2. The van der Waals surface area contributed by atoms with Crippen LogP contribution in [0.2, 0.25) is 0 Å². The summed E-state index contributed by atoms with van der Waals surface area (Å²) < 4.78 is 120. The molecular formula is C102H116N6+6. The lowest BCUT2D eigenvalue weighted by Crippen LogP contribution is -2.37. The number of fused-ring (bicyclic) bond motifs is 4. The maximum Gasteiger partial charge on any atom is 0.216 e. The number of hydrogen-bond acceptors (Lipinski definition) is 0. The average molecular weight is 1440 g/mol. The van der Waals surface area contributed by atoms with Crippen molar-refractivity contribution in [2.24, 2.45) is 54.1 Å². The summed E-state index contributed by atoms with van der Waals surface area (Å²) in [6, 6.07) is 61.7. The molecule has 0 unspecified atom stereocenters. The first-order valence-electron chi connectivity index (χ1n) is 45.8. The fourth-order valence-corrected chi connectivity index (χ4v) is 17.6. The van der Waals surface area contributed by atoms with Crippen LogP contribution in [-0.2, 0) is 106 Å². The van der Waals surface area contributed by atoms with Crippen LogP contribution < -0.4 is 27.4 Å². The lowest BCUT2D eigenvalue weighted by atomic mass is 9.63. The molecule has 548 valence electrons. The minimum absolute atomic E-state index is 0.127. The van der Waals surface area contributed by atoms with Crippen LogP contribution in [0, 0.1) is 53.4 Å². The third kappa shape index (κ3) is 15.6. The highest BCUT2D eigenvalue weighted by Crippen LogP contribution is 2.51. The Balaban J connectivity index is 0.000000113. The summed E-state index contributed by atoms with van der Waals surface area (Å²) in [5.41, 5.74) is 32.4. The van der Waals surface area contributed by atoms with E-state index in [1.165, 1.54) is 86.3 Å². The Hall–Kier alpha value is -9.78. The minimum Gasteiger partial charge on any atom is -0.201 e. The van der Waals surface area contributed by atoms with Gasteiger partial charge in [-0.05, 0) is 296 Å². The van der Waals surface area contributed by atoms with Crippen LogP contribution in [0.1, 0.15) is 194 Å². The lowest BCUT2D eigenvalue weighted by molar-refractivity contribution is -0.661. The number of aryl methyl sites for hydroxylation is 18. The van der Waals surface area contributed by atoms with Gasteiger partial charge in [0, 0.05) is 121 Å². The van der Waals surface area contributed by atoms with Crippen LogP contribution in [0.25, 0.3) is 67.5 Å². The molecule has 10 aliphatic carbocycles. The van der Waals surface area contributed by atoms with Crippen LogP contribution in [0.5, 0.6) is 0 Å². The van der Waals surface area contributed by atoms with E-state index >= 15 is 0 Å². The van der Waals surface area contributed by atoms with Crippen molar-refractivity contribution in [2.45, 2.75) is 181 Å². The monoisotopic (exact) mass is 1440 g/mol. The van der Waals surface area contributed by atoms with Gasteiger partial charge in [0.25, 0.3) is 0 Å². The zero-order chi connectivity index (χ0) is 86.4. The molecule has 10 aliphatic rings. The van der Waals surface area contributed by atoms with Gasteiger partial charge in [-0.2, -0.15) is 0 Å². The van der Waals surface area contributed by atoms with E-state index in [0.717, 1.165) is 124 Å². The molecule has 0 atom stereocenters. The van der Waals surface area contributed by atoms with Gasteiger partial charge in [-0.1, -0.05) is 109 Å². The molecule has 6 aromatic heterocycles. The van der Waals surface area contributed by atoms with Crippen molar-refractivity contribution >= 4 is 0 Å². The molecule has 0 saturated heterocycles. The zero-order valence-electron chi connectivity index (χ0n) is 78.6. The number of pyridine rings is 6. The number of hydrogen-bond donors (Lipinski definition) is 0. The number of rotatable bonds is 6. The number of nitrogens with zero attached hydrogens (tertiary/aromatic N) is 6. The second kappa shape index (κ2) is 32.6. The smallest absolute Gasteiger partial charge is 0.201 e. The fraction of sp³-hybridized carbons (Fsp3) is 0.353. The normalized spacial score (nSPS) is 22.7. The van der Waals surface area contributed by atoms with Gasteiger partial charge >= 0.3 is 0 Å². The predicted molar refractivity (Wildman–Crippen MR) is 442 cm³/mol. The molecule has 0 N–H and O–H groups in total. The first-order chi connectivity index (χ1) is 57.2. The van der Waals surface area contributed by atoms with E-state index in [1.807, 2.05) is 142 Å². The van der Waals surface area contributed by atoms with Gasteiger partial charge in [0.1, 0.15) is 42.3 Å². The molecule has 2 fully saturated rings. The molecule has 0 aliphatic heterocycles. The highest BCUT2D eigenvalue weighted by molar-refractivity contribution is 5.69. The first-order valence-corrected chi connectivity index (χ1v) is 39.3. The van der Waals surface area contributed by atoms with Crippen LogP contribution in [0.15, 0.2) is 219 Å². The second-order valence-corrected chi connectivity index (χ2v) is 31.3. The summed E-state index contributed by atoms with van der Waals surface area (Å²) in [6.07, 6.45) is 15.5. The Kier molecular flexibility index (Phi) is 17.9. The van der Waals surface area contributed by atoms with Crippen LogP contribution in [0.4, 0.5) is 0 Å². The highest BCUT2D eigenvalue weighted by atomic mass is 15.0. The van der Waals surface area contributed by atoms with Gasteiger partial charge in [0.15, 0.2) is 37.2 Å². The molecule has 108 heavy (non-hydrogen) atoms. The topological polar surface area (TPSA) is 23.3 Å². The molecule has 0 radical (unpaired) electrons. The second-order valence-electron chi connectivity index (χ2n) is 31.3. The fourth-order valence-electron chi connectivity index (χ4n) is 17.6. The standard InChI is InChI=1S/2C18H20N.2C17H20N.2C16H18N/c2*1-12-5-3-4-6-16(12)18-10-17-14-7-13(8-14)9-15(17)11-19(18)2;1-13-7-3-6-10-16(13)17-11-14-8-4-5-9-15(14)12-18(17)2;1-13-7-3-5-9-15(13)17-16-10-6-4-8-14(16)11-12-18(17)2;1-12-6-3-4-9-15(12)16-10-13-7-5-8-14(13)11-17(16)2;1-12-6-3-4-8-14(12)16-15-9-5-7-13(15)10-11-17(16)2/h2*3-6,10-11,13-14H,7-9H2,1-2H3;3,6-7,10-12H,4-5,8-9H2,1-2H3;3,5,7,9,11-12H,4,6,8,10H2,1-2H3;3-4,6,9-11H,5,7-8H2,1-2H3;3-4,6,8,10-11H,5,7,9H2,1-2H3/q6*+1/i14D;;8D2;8D2,10D2;7D2;7D2,9D2. The highest BCUT2D eigenvalue weighted by Gasteiger charge is 2.41. The summed E-state index contributed by atoms with van der Waals surface area (Å²) in [5, 5.41) is 0. The molecule has 6 heteroatoms. The van der Waals surface area contributed by atoms with Gasteiger partial charge in [0.2, 0.25) is 34.2 Å². The molecule has 0 spiro atoms. The van der Waals surface area contributed by atoms with Crippen LogP contribution in [0.3, 0.4) is 0 Å². The Bertz CT molecular complexity index is 5880. The van der Waals surface area contributed by atoms with Crippen molar-refractivity contribution in [3.8, 4) is 67.5 Å². The van der Waals surface area contributed by atoms with Gasteiger partial charge in [0.05, 0.1) is 0 Å². The van der Waals surface area contributed by atoms with Crippen molar-refractivity contribution in [1.29, 1.82) is 0 Å². The average Bonchev–Trinajstić information content (AvgIpc) is 1.57. The van der Waals surface area contributed by atoms with Crippen molar-refractivity contribution in [2.75, 3.05) is 0 Å². The summed E-state index contributed by atoms with van der Waals surface area (Å²) in [5.74, 6) is 2.27. The van der Waals surface area contributed by atoms with Gasteiger partial charge in [-0.3, -0.25) is 0 Å². The lowest BCUT2D eigenvalue weighted by Gasteiger charge is -2.41. The maximum atomic E-state index is 8.65. The van der Waals surface area contributed by atoms with E-state index in [4.69, 9.17) is 17.8 Å². The van der Waals surface area contributed by atoms with Crippen molar-refractivity contribution < 1.29 is 45.2 Å². The molecule has 2 saturated carbocycles. The summed E-state index contributed by atoms with van der Waals surface area (Å²) in [4.78, 5) is 0. The molecule has 4 bridgehead atoms. The van der Waals surface area contributed by atoms with Gasteiger partial charge in [-0.25, -0.2) is 27.4 Å². The Morgan fingerprint density at radius 3 is 1.06 bits per heavy atom. The van der Waals surface area contributed by atoms with E-state index in [2.05, 4.69) is 176 Å². The van der Waals surface area contributed by atoms with Crippen LogP contribution >= 0.6 is 0 Å².